The zero-order valence-corrected chi connectivity index (χ0v) is 33.4. The average molecular weight is 758 g/mol. The summed E-state index contributed by atoms with van der Waals surface area (Å²) < 4.78 is 11.3. The minimum atomic E-state index is -1.60. The molecule has 1 saturated heterocycles. The van der Waals surface area contributed by atoms with Crippen molar-refractivity contribution < 1.29 is 44.0 Å². The number of nitrogens with one attached hydrogen (secondary N) is 2. The molecular formula is C39H75N5O9. The molecule has 0 saturated carbocycles. The summed E-state index contributed by atoms with van der Waals surface area (Å²) in [5, 5.41) is 36.4. The summed E-state index contributed by atoms with van der Waals surface area (Å²) in [6.07, 6.45) is 13.8. The van der Waals surface area contributed by atoms with Gasteiger partial charge in [-0.25, -0.2) is 0 Å². The van der Waals surface area contributed by atoms with Gasteiger partial charge < -0.3 is 51.8 Å². The molecule has 0 aromatic heterocycles. The van der Waals surface area contributed by atoms with Crippen LogP contribution in [0.5, 0.6) is 0 Å². The topological polar surface area (TPSA) is 227 Å². The fourth-order valence-corrected chi connectivity index (χ4v) is 6.78. The van der Waals surface area contributed by atoms with E-state index in [4.69, 9.17) is 20.9 Å². The van der Waals surface area contributed by atoms with Gasteiger partial charge >= 0.3 is 0 Å². The van der Waals surface area contributed by atoms with E-state index in [9.17, 15) is 34.5 Å². The van der Waals surface area contributed by atoms with E-state index in [1.54, 1.807) is 20.8 Å². The minimum Gasteiger partial charge on any atom is -0.394 e. The Morgan fingerprint density at radius 3 is 1.81 bits per heavy atom. The molecule has 1 aliphatic rings. The lowest BCUT2D eigenvalue weighted by Gasteiger charge is -2.44. The molecule has 1 rings (SSSR count). The number of nitrogens with two attached hydrogens (primary N) is 2. The number of primary amides is 1. The first-order valence-corrected chi connectivity index (χ1v) is 20.4. The fraction of sp³-hybridized carbons (Fsp3) is 0.897. The highest BCUT2D eigenvalue weighted by atomic mass is 16.6. The third-order valence-electron chi connectivity index (χ3n) is 10.1. The van der Waals surface area contributed by atoms with Crippen LogP contribution in [0.15, 0.2) is 0 Å². The number of hydrogen-bond acceptors (Lipinski definition) is 10. The predicted molar refractivity (Wildman–Crippen MR) is 205 cm³/mol. The van der Waals surface area contributed by atoms with Gasteiger partial charge in [-0.15, -0.1) is 0 Å². The minimum absolute atomic E-state index is 0.0386. The Hall–Kier alpha value is -2.36. The van der Waals surface area contributed by atoms with Gasteiger partial charge in [0.15, 0.2) is 6.29 Å². The number of unbranched alkanes of at least 4 members (excludes halogenated alkanes) is 15. The molecule has 1 heterocycles. The third kappa shape index (κ3) is 19.7. The maximum absolute atomic E-state index is 13.6. The van der Waals surface area contributed by atoms with Gasteiger partial charge in [-0.2, -0.15) is 0 Å². The molecule has 9 N–H and O–H groups in total. The van der Waals surface area contributed by atoms with E-state index in [2.05, 4.69) is 17.6 Å². The lowest BCUT2D eigenvalue weighted by molar-refractivity contribution is -0.268. The molecule has 8 atom stereocenters. The molecule has 1 unspecified atom stereocenters. The van der Waals surface area contributed by atoms with Gasteiger partial charge in [0.25, 0.3) is 0 Å². The van der Waals surface area contributed by atoms with Crippen LogP contribution >= 0.6 is 0 Å². The summed E-state index contributed by atoms with van der Waals surface area (Å²) in [5.41, 5.74) is 12.0. The molecule has 0 aromatic rings. The molecule has 0 aliphatic carbocycles. The largest absolute Gasteiger partial charge is 0.394 e. The number of amides is 4. The third-order valence-corrected chi connectivity index (χ3v) is 10.1. The monoisotopic (exact) mass is 758 g/mol. The van der Waals surface area contributed by atoms with Crippen molar-refractivity contribution in [2.45, 2.75) is 199 Å². The smallest absolute Gasteiger partial charge is 0.240 e. The van der Waals surface area contributed by atoms with Gasteiger partial charge in [0.1, 0.15) is 30.4 Å². The molecule has 1 aliphatic heterocycles. The normalized spacial score (nSPS) is 21.9. The lowest BCUT2D eigenvalue weighted by Crippen LogP contribution is -2.65. The standard InChI is InChI=1S/C39H75N5O9/c1-6-7-8-9-10-11-12-13-14-15-16-17-18-19-20-21-24-42-32(47)23-22-30(37(41)49)44(38(50)33(40)27(2)3)25-28(4)52-36-34(43-29(5)46)39(51)53-31(26-45)35(36)48/h27-28,30-31,33-36,39,45,48,51H,6-26,40H2,1-5H3,(H2,41,49)(H,42,47)(H,43,46)/t28?,30-,31-,33+,34-,35-,36-,39+/m1/s1. The van der Waals surface area contributed by atoms with Crippen LogP contribution in [0.25, 0.3) is 0 Å². The number of carbonyl (C=O) groups is 4. The number of ether oxygens (including phenoxy) is 2. The second-order valence-corrected chi connectivity index (χ2v) is 15.2. The molecular weight excluding hydrogens is 682 g/mol. The van der Waals surface area contributed by atoms with Crippen molar-refractivity contribution in [3.05, 3.63) is 0 Å². The van der Waals surface area contributed by atoms with Crippen LogP contribution in [0.2, 0.25) is 0 Å². The van der Waals surface area contributed by atoms with Crippen LogP contribution in [-0.2, 0) is 28.7 Å². The SMILES string of the molecule is CCCCCCCCCCCCCCCCCCNC(=O)CC[C@H](C(N)=O)N(CC(C)O[C@H]1[C@H](O)[C@@H](CO)O[C@H](O)[C@@H]1NC(C)=O)C(=O)[C@@H](N)C(C)C. The van der Waals surface area contributed by atoms with Gasteiger partial charge in [0.2, 0.25) is 23.6 Å². The Kier molecular flexibility index (Phi) is 25.8. The molecule has 0 bridgehead atoms. The van der Waals surface area contributed by atoms with Crippen molar-refractivity contribution in [3.8, 4) is 0 Å². The lowest BCUT2D eigenvalue weighted by atomic mass is 9.96. The van der Waals surface area contributed by atoms with Crippen molar-refractivity contribution in [2.75, 3.05) is 19.7 Å². The fourth-order valence-electron chi connectivity index (χ4n) is 6.78. The average Bonchev–Trinajstić information content (AvgIpc) is 3.11. The van der Waals surface area contributed by atoms with Crippen LogP contribution in [0.1, 0.15) is 150 Å². The van der Waals surface area contributed by atoms with Crippen molar-refractivity contribution in [2.24, 2.45) is 17.4 Å². The molecule has 53 heavy (non-hydrogen) atoms. The number of nitrogens with zero attached hydrogens (tertiary/aromatic N) is 1. The molecule has 14 heteroatoms. The maximum atomic E-state index is 13.6. The predicted octanol–water partition coefficient (Wildman–Crippen LogP) is 3.16. The number of hydrogen-bond donors (Lipinski definition) is 7. The Bertz CT molecular complexity index is 1040. The number of aliphatic hydroxyl groups is 3. The van der Waals surface area contributed by atoms with E-state index in [0.717, 1.165) is 19.3 Å². The highest BCUT2D eigenvalue weighted by Crippen LogP contribution is 2.25. The zero-order chi connectivity index (χ0) is 39.8. The van der Waals surface area contributed by atoms with E-state index in [1.807, 2.05) is 0 Å². The van der Waals surface area contributed by atoms with E-state index in [1.165, 1.54) is 95.3 Å². The van der Waals surface area contributed by atoms with Crippen LogP contribution in [0.3, 0.4) is 0 Å². The number of aliphatic hydroxyl groups excluding tert-OH is 3. The van der Waals surface area contributed by atoms with Crippen LogP contribution in [-0.4, -0.2) is 112 Å². The molecule has 310 valence electrons. The molecule has 0 spiro atoms. The second kappa shape index (κ2) is 28.1. The number of rotatable bonds is 30. The Labute approximate surface area is 318 Å². The summed E-state index contributed by atoms with van der Waals surface area (Å²) in [5.74, 6) is -2.43. The maximum Gasteiger partial charge on any atom is 0.240 e. The van der Waals surface area contributed by atoms with E-state index < -0.39 is 73.2 Å². The second-order valence-electron chi connectivity index (χ2n) is 15.2. The van der Waals surface area contributed by atoms with Crippen LogP contribution in [0.4, 0.5) is 0 Å². The van der Waals surface area contributed by atoms with Gasteiger partial charge in [0, 0.05) is 26.4 Å². The van der Waals surface area contributed by atoms with Gasteiger partial charge in [-0.3, -0.25) is 19.2 Å². The van der Waals surface area contributed by atoms with E-state index in [-0.39, 0.29) is 31.2 Å². The zero-order valence-electron chi connectivity index (χ0n) is 33.4. The van der Waals surface area contributed by atoms with Crippen LogP contribution in [0, 0.1) is 5.92 Å². The summed E-state index contributed by atoms with van der Waals surface area (Å²) >= 11 is 0. The van der Waals surface area contributed by atoms with Crippen LogP contribution < -0.4 is 22.1 Å². The highest BCUT2D eigenvalue weighted by molar-refractivity contribution is 5.89. The highest BCUT2D eigenvalue weighted by Gasteiger charge is 2.47. The van der Waals surface area contributed by atoms with Crippen molar-refractivity contribution in [1.82, 2.24) is 15.5 Å². The molecule has 1 fully saturated rings. The first kappa shape index (κ1) is 48.7. The Morgan fingerprint density at radius 2 is 1.36 bits per heavy atom. The first-order valence-electron chi connectivity index (χ1n) is 20.4. The number of carbonyl (C=O) groups excluding carboxylic acids is 4. The molecule has 4 amide bonds. The molecule has 0 aromatic carbocycles. The molecule has 14 nitrogen and oxygen atoms in total. The van der Waals surface area contributed by atoms with Gasteiger partial charge in [-0.05, 0) is 25.7 Å². The summed E-state index contributed by atoms with van der Waals surface area (Å²) in [6.45, 7) is 8.27. The molecule has 0 radical (unpaired) electrons. The quantitative estimate of drug-likeness (QED) is 0.0530. The summed E-state index contributed by atoms with van der Waals surface area (Å²) in [6, 6.07) is -3.35. The Morgan fingerprint density at radius 1 is 0.849 bits per heavy atom. The summed E-state index contributed by atoms with van der Waals surface area (Å²) in [7, 11) is 0. The van der Waals surface area contributed by atoms with E-state index in [0.29, 0.717) is 6.54 Å². The van der Waals surface area contributed by atoms with Gasteiger partial charge in [0.05, 0.1) is 18.8 Å². The van der Waals surface area contributed by atoms with Crippen molar-refractivity contribution >= 4 is 23.6 Å². The first-order chi connectivity index (χ1) is 25.2. The summed E-state index contributed by atoms with van der Waals surface area (Å²) in [4.78, 5) is 52.2. The van der Waals surface area contributed by atoms with Crippen molar-refractivity contribution in [3.63, 3.8) is 0 Å². The van der Waals surface area contributed by atoms with E-state index >= 15 is 0 Å². The van der Waals surface area contributed by atoms with Gasteiger partial charge in [-0.1, -0.05) is 117 Å². The van der Waals surface area contributed by atoms with Crippen molar-refractivity contribution in [1.29, 1.82) is 0 Å². The Balaban J connectivity index is 2.60.